The van der Waals surface area contributed by atoms with Gasteiger partial charge in [0.25, 0.3) is 0 Å². The van der Waals surface area contributed by atoms with E-state index in [2.05, 4.69) is 4.74 Å². The summed E-state index contributed by atoms with van der Waals surface area (Å²) >= 11 is 0. The monoisotopic (exact) mass is 167 g/mol. The molecule has 1 aromatic carbocycles. The second-order valence-electron chi connectivity index (χ2n) is 2.37. The molecule has 1 aromatic rings. The molecule has 0 fully saturated rings. The zero-order valence-electron chi connectivity index (χ0n) is 6.57. The van der Waals surface area contributed by atoms with Crippen LogP contribution >= 0.6 is 0 Å². The number of ether oxygens (including phenoxy) is 1. The van der Waals surface area contributed by atoms with Gasteiger partial charge in [0.15, 0.2) is 0 Å². The minimum absolute atomic E-state index is 0.0775. The van der Waals surface area contributed by atoms with E-state index in [4.69, 9.17) is 5.73 Å². The standard InChI is InChI=1S/C8H9NO3/c1-5-2-3-6(4-7(5)10)12-8(9)11/h2-4,10H,1H3,(H2,9,11). The zero-order chi connectivity index (χ0) is 9.14. The van der Waals surface area contributed by atoms with Gasteiger partial charge in [-0.25, -0.2) is 4.79 Å². The predicted molar refractivity (Wildman–Crippen MR) is 43.1 cm³/mol. The highest BCUT2D eigenvalue weighted by Crippen LogP contribution is 2.22. The molecule has 1 amide bonds. The number of hydrogen-bond acceptors (Lipinski definition) is 3. The molecule has 0 aliphatic heterocycles. The van der Waals surface area contributed by atoms with Gasteiger partial charge < -0.3 is 15.6 Å². The Morgan fingerprint density at radius 1 is 1.58 bits per heavy atom. The average Bonchev–Trinajstić information content (AvgIpc) is 1.96. The van der Waals surface area contributed by atoms with Crippen LogP contribution in [-0.2, 0) is 0 Å². The Labute approximate surface area is 69.6 Å². The minimum atomic E-state index is -0.891. The third-order valence-electron chi connectivity index (χ3n) is 1.40. The van der Waals surface area contributed by atoms with Crippen LogP contribution in [0.25, 0.3) is 0 Å². The van der Waals surface area contributed by atoms with Crippen molar-refractivity contribution in [2.75, 3.05) is 0 Å². The van der Waals surface area contributed by atoms with Crippen LogP contribution in [0.1, 0.15) is 5.56 Å². The number of carbonyl (C=O) groups is 1. The number of rotatable bonds is 1. The maximum absolute atomic E-state index is 10.3. The minimum Gasteiger partial charge on any atom is -0.508 e. The van der Waals surface area contributed by atoms with Gasteiger partial charge in [-0.05, 0) is 18.6 Å². The van der Waals surface area contributed by atoms with Crippen molar-refractivity contribution in [3.63, 3.8) is 0 Å². The Morgan fingerprint density at radius 3 is 2.75 bits per heavy atom. The van der Waals surface area contributed by atoms with E-state index in [1.54, 1.807) is 19.1 Å². The van der Waals surface area contributed by atoms with Crippen molar-refractivity contribution in [1.29, 1.82) is 0 Å². The summed E-state index contributed by atoms with van der Waals surface area (Å²) in [6, 6.07) is 4.52. The van der Waals surface area contributed by atoms with Gasteiger partial charge in [0.2, 0.25) is 0 Å². The van der Waals surface area contributed by atoms with E-state index in [1.165, 1.54) is 6.07 Å². The molecule has 0 saturated heterocycles. The second-order valence-corrected chi connectivity index (χ2v) is 2.37. The number of carbonyl (C=O) groups excluding carboxylic acids is 1. The molecule has 0 spiro atoms. The van der Waals surface area contributed by atoms with E-state index in [9.17, 15) is 9.90 Å². The quantitative estimate of drug-likeness (QED) is 0.659. The van der Waals surface area contributed by atoms with E-state index in [0.29, 0.717) is 5.56 Å². The number of aromatic hydroxyl groups is 1. The fraction of sp³-hybridized carbons (Fsp3) is 0.125. The number of amides is 1. The lowest BCUT2D eigenvalue weighted by Crippen LogP contribution is -2.16. The van der Waals surface area contributed by atoms with Crippen LogP contribution in [0.5, 0.6) is 11.5 Å². The molecular formula is C8H9NO3. The lowest BCUT2D eigenvalue weighted by Gasteiger charge is -2.02. The molecule has 1 rings (SSSR count). The molecule has 0 radical (unpaired) electrons. The first kappa shape index (κ1) is 8.39. The summed E-state index contributed by atoms with van der Waals surface area (Å²) in [5.74, 6) is 0.319. The molecule has 0 aromatic heterocycles. The molecule has 0 aliphatic rings. The first-order chi connectivity index (χ1) is 5.59. The van der Waals surface area contributed by atoms with Crippen LogP contribution < -0.4 is 10.5 Å². The molecule has 0 aliphatic carbocycles. The van der Waals surface area contributed by atoms with E-state index >= 15 is 0 Å². The van der Waals surface area contributed by atoms with Crippen LogP contribution in [0.2, 0.25) is 0 Å². The van der Waals surface area contributed by atoms with Crippen molar-refractivity contribution in [3.05, 3.63) is 23.8 Å². The highest BCUT2D eigenvalue weighted by molar-refractivity contribution is 5.68. The molecule has 0 heterocycles. The van der Waals surface area contributed by atoms with Crippen LogP contribution in [0.3, 0.4) is 0 Å². The smallest absolute Gasteiger partial charge is 0.409 e. The SMILES string of the molecule is Cc1ccc(OC(N)=O)cc1O. The first-order valence-electron chi connectivity index (χ1n) is 3.36. The van der Waals surface area contributed by atoms with Gasteiger partial charge in [0.1, 0.15) is 11.5 Å². The number of primary amides is 1. The predicted octanol–water partition coefficient (Wildman–Crippen LogP) is 1.16. The van der Waals surface area contributed by atoms with Crippen molar-refractivity contribution >= 4 is 6.09 Å². The van der Waals surface area contributed by atoms with Crippen LogP contribution in [-0.4, -0.2) is 11.2 Å². The van der Waals surface area contributed by atoms with Crippen LogP contribution in [0, 0.1) is 6.92 Å². The maximum Gasteiger partial charge on any atom is 0.409 e. The molecule has 0 bridgehead atoms. The summed E-state index contributed by atoms with van der Waals surface area (Å²) in [5, 5.41) is 9.18. The van der Waals surface area contributed by atoms with Crippen molar-refractivity contribution in [2.45, 2.75) is 6.92 Å². The Bertz CT molecular complexity index is 309. The lowest BCUT2D eigenvalue weighted by atomic mass is 10.2. The summed E-state index contributed by atoms with van der Waals surface area (Å²) in [5.41, 5.74) is 5.48. The molecular weight excluding hydrogens is 158 g/mol. The van der Waals surface area contributed by atoms with Crippen molar-refractivity contribution in [3.8, 4) is 11.5 Å². The third-order valence-corrected chi connectivity index (χ3v) is 1.40. The summed E-state index contributed by atoms with van der Waals surface area (Å²) in [7, 11) is 0. The fourth-order valence-corrected chi connectivity index (χ4v) is 0.769. The van der Waals surface area contributed by atoms with Crippen LogP contribution in [0.15, 0.2) is 18.2 Å². The van der Waals surface area contributed by atoms with Gasteiger partial charge in [0.05, 0.1) is 0 Å². The first-order valence-corrected chi connectivity index (χ1v) is 3.36. The number of phenols is 1. The number of aryl methyl sites for hydroxylation is 1. The largest absolute Gasteiger partial charge is 0.508 e. The van der Waals surface area contributed by atoms with Gasteiger partial charge in [-0.2, -0.15) is 0 Å². The summed E-state index contributed by atoms with van der Waals surface area (Å²) in [6.45, 7) is 1.74. The van der Waals surface area contributed by atoms with Crippen molar-refractivity contribution in [2.24, 2.45) is 5.73 Å². The molecule has 0 saturated carbocycles. The van der Waals surface area contributed by atoms with E-state index in [0.717, 1.165) is 0 Å². The second kappa shape index (κ2) is 3.13. The van der Waals surface area contributed by atoms with E-state index < -0.39 is 6.09 Å². The number of phenolic OH excluding ortho intramolecular Hbond substituents is 1. The molecule has 3 N–H and O–H groups in total. The third kappa shape index (κ3) is 1.88. The van der Waals surface area contributed by atoms with Gasteiger partial charge in [-0.15, -0.1) is 0 Å². The average molecular weight is 167 g/mol. The van der Waals surface area contributed by atoms with Crippen molar-refractivity contribution in [1.82, 2.24) is 0 Å². The highest BCUT2D eigenvalue weighted by Gasteiger charge is 2.01. The van der Waals surface area contributed by atoms with Gasteiger partial charge >= 0.3 is 6.09 Å². The fourth-order valence-electron chi connectivity index (χ4n) is 0.769. The summed E-state index contributed by atoms with van der Waals surface area (Å²) in [6.07, 6.45) is -0.891. The van der Waals surface area contributed by atoms with Gasteiger partial charge in [-0.3, -0.25) is 0 Å². The van der Waals surface area contributed by atoms with Crippen LogP contribution in [0.4, 0.5) is 4.79 Å². The van der Waals surface area contributed by atoms with Crippen molar-refractivity contribution < 1.29 is 14.6 Å². The van der Waals surface area contributed by atoms with Gasteiger partial charge in [-0.1, -0.05) is 6.07 Å². The number of nitrogens with two attached hydrogens (primary N) is 1. The number of benzene rings is 1. The molecule has 4 heteroatoms. The Hall–Kier alpha value is -1.71. The molecule has 0 atom stereocenters. The zero-order valence-corrected chi connectivity index (χ0v) is 6.57. The van der Waals surface area contributed by atoms with E-state index in [-0.39, 0.29) is 11.5 Å². The lowest BCUT2D eigenvalue weighted by molar-refractivity contribution is 0.210. The number of hydrogen-bond donors (Lipinski definition) is 2. The topological polar surface area (TPSA) is 72.5 Å². The Morgan fingerprint density at radius 2 is 2.25 bits per heavy atom. The summed E-state index contributed by atoms with van der Waals surface area (Å²) < 4.78 is 4.53. The molecule has 12 heavy (non-hydrogen) atoms. The molecule has 0 unspecified atom stereocenters. The maximum atomic E-state index is 10.3. The molecule has 4 nitrogen and oxygen atoms in total. The van der Waals surface area contributed by atoms with Gasteiger partial charge in [0, 0.05) is 6.07 Å². The van der Waals surface area contributed by atoms with E-state index in [1.807, 2.05) is 0 Å². The summed E-state index contributed by atoms with van der Waals surface area (Å²) in [4.78, 5) is 10.3. The Balaban J connectivity index is 2.89. The normalized spacial score (nSPS) is 9.42. The Kier molecular flexibility index (Phi) is 2.19. The highest BCUT2D eigenvalue weighted by atomic mass is 16.5. The molecule has 64 valence electrons.